The van der Waals surface area contributed by atoms with Gasteiger partial charge in [0.05, 0.1) is 6.42 Å². The highest BCUT2D eigenvalue weighted by Gasteiger charge is 2.36. The molecule has 2 aliphatic rings. The molecule has 0 spiro atoms. The first-order valence-corrected chi connectivity index (χ1v) is 7.39. The zero-order valence-electron chi connectivity index (χ0n) is 11.7. The predicted octanol–water partition coefficient (Wildman–Crippen LogP) is 2.17. The van der Waals surface area contributed by atoms with E-state index in [1.54, 1.807) is 0 Å². The molecule has 2 aliphatic heterocycles. The summed E-state index contributed by atoms with van der Waals surface area (Å²) in [5, 5.41) is 8.72. The van der Waals surface area contributed by atoms with Crippen LogP contribution < -0.4 is 0 Å². The molecule has 2 rings (SSSR count). The minimum Gasteiger partial charge on any atom is -0.481 e. The minimum atomic E-state index is -0.765. The highest BCUT2D eigenvalue weighted by Crippen LogP contribution is 2.26. The molecule has 0 radical (unpaired) electrons. The highest BCUT2D eigenvalue weighted by atomic mass is 16.4. The third-order valence-electron chi connectivity index (χ3n) is 4.19. The van der Waals surface area contributed by atoms with Crippen LogP contribution in [0, 0.1) is 5.92 Å². The van der Waals surface area contributed by atoms with Crippen molar-refractivity contribution in [3.8, 4) is 0 Å². The van der Waals surface area contributed by atoms with Crippen molar-refractivity contribution in [3.63, 3.8) is 0 Å². The molecule has 1 N–H and O–H groups in total. The molecule has 5 heteroatoms. The van der Waals surface area contributed by atoms with Crippen molar-refractivity contribution in [1.29, 1.82) is 0 Å². The Labute approximate surface area is 114 Å². The van der Waals surface area contributed by atoms with Gasteiger partial charge in [0.25, 0.3) is 0 Å². The van der Waals surface area contributed by atoms with E-state index in [9.17, 15) is 9.59 Å². The molecule has 19 heavy (non-hydrogen) atoms. The van der Waals surface area contributed by atoms with Gasteiger partial charge in [-0.3, -0.25) is 4.79 Å². The van der Waals surface area contributed by atoms with E-state index < -0.39 is 5.97 Å². The van der Waals surface area contributed by atoms with Crippen LogP contribution in [0.2, 0.25) is 0 Å². The molecule has 2 saturated heterocycles. The number of carbonyl (C=O) groups is 2. The second-order valence-corrected chi connectivity index (χ2v) is 5.78. The molecular formula is C14H24N2O3. The third-order valence-corrected chi connectivity index (χ3v) is 4.19. The number of rotatable bonds is 4. The number of aliphatic carboxylic acids is 1. The molecule has 1 atom stereocenters. The largest absolute Gasteiger partial charge is 0.481 e. The highest BCUT2D eigenvalue weighted by molar-refractivity contribution is 5.76. The van der Waals surface area contributed by atoms with Gasteiger partial charge < -0.3 is 14.9 Å². The molecule has 0 aromatic rings. The Kier molecular flexibility index (Phi) is 4.66. The Morgan fingerprint density at radius 2 is 2.00 bits per heavy atom. The molecule has 0 aromatic heterocycles. The summed E-state index contributed by atoms with van der Waals surface area (Å²) in [6.07, 6.45) is 5.80. The standard InChI is InChI=1S/C14H24N2O3/c1-2-5-12-6-3-4-7-16(12)14(19)15-9-11(10-15)8-13(17)18/h11-12H,2-10H2,1H3,(H,17,18). The second-order valence-electron chi connectivity index (χ2n) is 5.78. The number of urea groups is 1. The summed E-state index contributed by atoms with van der Waals surface area (Å²) in [7, 11) is 0. The molecule has 2 fully saturated rings. The fraction of sp³-hybridized carbons (Fsp3) is 0.857. The van der Waals surface area contributed by atoms with Gasteiger partial charge in [-0.2, -0.15) is 0 Å². The predicted molar refractivity (Wildman–Crippen MR) is 72.0 cm³/mol. The summed E-state index contributed by atoms with van der Waals surface area (Å²) in [5.41, 5.74) is 0. The zero-order chi connectivity index (χ0) is 13.8. The Balaban J connectivity index is 1.84. The monoisotopic (exact) mass is 268 g/mol. The average Bonchev–Trinajstić information content (AvgIpc) is 2.33. The van der Waals surface area contributed by atoms with Crippen LogP contribution in [0.1, 0.15) is 45.4 Å². The topological polar surface area (TPSA) is 60.9 Å². The van der Waals surface area contributed by atoms with E-state index in [0.29, 0.717) is 19.1 Å². The number of hydrogen-bond donors (Lipinski definition) is 1. The van der Waals surface area contributed by atoms with E-state index in [1.165, 1.54) is 6.42 Å². The first-order chi connectivity index (χ1) is 9.11. The van der Waals surface area contributed by atoms with Crippen LogP contribution in [0.4, 0.5) is 4.79 Å². The van der Waals surface area contributed by atoms with Gasteiger partial charge in [0.2, 0.25) is 0 Å². The fourth-order valence-electron chi connectivity index (χ4n) is 3.17. The van der Waals surface area contributed by atoms with Gasteiger partial charge in [0.1, 0.15) is 0 Å². The molecule has 1 unspecified atom stereocenters. The lowest BCUT2D eigenvalue weighted by molar-refractivity contribution is -0.139. The van der Waals surface area contributed by atoms with Crippen molar-refractivity contribution in [3.05, 3.63) is 0 Å². The van der Waals surface area contributed by atoms with Crippen molar-refractivity contribution in [2.24, 2.45) is 5.92 Å². The first kappa shape index (κ1) is 14.2. The van der Waals surface area contributed by atoms with Crippen LogP contribution in [0.25, 0.3) is 0 Å². The summed E-state index contributed by atoms with van der Waals surface area (Å²) in [6, 6.07) is 0.518. The Hall–Kier alpha value is -1.26. The van der Waals surface area contributed by atoms with Gasteiger partial charge in [-0.1, -0.05) is 13.3 Å². The molecule has 5 nitrogen and oxygen atoms in total. The van der Waals surface area contributed by atoms with E-state index >= 15 is 0 Å². The lowest BCUT2D eigenvalue weighted by Gasteiger charge is -2.45. The average molecular weight is 268 g/mol. The van der Waals surface area contributed by atoms with Crippen molar-refractivity contribution in [1.82, 2.24) is 9.80 Å². The molecular weight excluding hydrogens is 244 g/mol. The molecule has 108 valence electrons. The minimum absolute atomic E-state index is 0.125. The van der Waals surface area contributed by atoms with Crippen LogP contribution in [0.15, 0.2) is 0 Å². The van der Waals surface area contributed by atoms with Gasteiger partial charge >= 0.3 is 12.0 Å². The number of amides is 2. The molecule has 2 amide bonds. The Morgan fingerprint density at radius 1 is 1.26 bits per heavy atom. The summed E-state index contributed by atoms with van der Waals surface area (Å²) in [4.78, 5) is 26.8. The van der Waals surface area contributed by atoms with Crippen LogP contribution in [0.5, 0.6) is 0 Å². The summed E-state index contributed by atoms with van der Waals surface area (Å²) in [6.45, 7) is 4.24. The van der Waals surface area contributed by atoms with E-state index in [0.717, 1.165) is 32.2 Å². The first-order valence-electron chi connectivity index (χ1n) is 7.39. The van der Waals surface area contributed by atoms with Gasteiger partial charge in [0, 0.05) is 31.6 Å². The van der Waals surface area contributed by atoms with Crippen LogP contribution >= 0.6 is 0 Å². The fourth-order valence-corrected chi connectivity index (χ4v) is 3.17. The molecule has 0 bridgehead atoms. The maximum Gasteiger partial charge on any atom is 0.320 e. The van der Waals surface area contributed by atoms with E-state index in [-0.39, 0.29) is 18.4 Å². The SMILES string of the molecule is CCCC1CCCCN1C(=O)N1CC(CC(=O)O)C1. The number of hydrogen-bond acceptors (Lipinski definition) is 2. The smallest absolute Gasteiger partial charge is 0.320 e. The van der Waals surface area contributed by atoms with Crippen molar-refractivity contribution in [2.75, 3.05) is 19.6 Å². The van der Waals surface area contributed by atoms with Gasteiger partial charge in [0.15, 0.2) is 0 Å². The maximum atomic E-state index is 12.4. The van der Waals surface area contributed by atoms with Crippen molar-refractivity contribution < 1.29 is 14.7 Å². The number of carbonyl (C=O) groups excluding carboxylic acids is 1. The summed E-state index contributed by atoms with van der Waals surface area (Å²) < 4.78 is 0. The van der Waals surface area contributed by atoms with Crippen LogP contribution in [0.3, 0.4) is 0 Å². The number of likely N-dealkylation sites (tertiary alicyclic amines) is 2. The number of carboxylic acids is 1. The van der Waals surface area contributed by atoms with Crippen molar-refractivity contribution in [2.45, 2.75) is 51.5 Å². The van der Waals surface area contributed by atoms with Gasteiger partial charge in [-0.15, -0.1) is 0 Å². The molecule has 2 heterocycles. The third kappa shape index (κ3) is 3.39. The van der Waals surface area contributed by atoms with Crippen LogP contribution in [-0.4, -0.2) is 52.6 Å². The quantitative estimate of drug-likeness (QED) is 0.850. The number of piperidine rings is 1. The number of nitrogens with zero attached hydrogens (tertiary/aromatic N) is 2. The van der Waals surface area contributed by atoms with Gasteiger partial charge in [-0.25, -0.2) is 4.79 Å². The Bertz CT molecular complexity index is 338. The second kappa shape index (κ2) is 6.26. The molecule has 0 aromatic carbocycles. The molecule has 0 aliphatic carbocycles. The Morgan fingerprint density at radius 3 is 2.63 bits per heavy atom. The zero-order valence-corrected chi connectivity index (χ0v) is 11.7. The summed E-state index contributed by atoms with van der Waals surface area (Å²) in [5.74, 6) is -0.616. The van der Waals surface area contributed by atoms with E-state index in [4.69, 9.17) is 5.11 Å². The van der Waals surface area contributed by atoms with E-state index in [1.807, 2.05) is 9.80 Å². The summed E-state index contributed by atoms with van der Waals surface area (Å²) >= 11 is 0. The molecule has 0 saturated carbocycles. The lowest BCUT2D eigenvalue weighted by Crippen LogP contribution is -2.58. The lowest BCUT2D eigenvalue weighted by atomic mass is 9.95. The number of carboxylic acid groups (broad SMARTS) is 1. The normalized spacial score (nSPS) is 24.2. The van der Waals surface area contributed by atoms with Crippen molar-refractivity contribution >= 4 is 12.0 Å². The van der Waals surface area contributed by atoms with Crippen LogP contribution in [-0.2, 0) is 4.79 Å². The maximum absolute atomic E-state index is 12.4. The van der Waals surface area contributed by atoms with Gasteiger partial charge in [-0.05, 0) is 25.7 Å². The van der Waals surface area contributed by atoms with E-state index in [2.05, 4.69) is 6.92 Å².